The molecular formula is C18H14Br4. The Morgan fingerprint density at radius 2 is 1.50 bits per heavy atom. The maximum absolute atomic E-state index is 3.70. The van der Waals surface area contributed by atoms with Crippen molar-refractivity contribution in [3.8, 4) is 11.1 Å². The topological polar surface area (TPSA) is 0 Å². The van der Waals surface area contributed by atoms with Gasteiger partial charge in [-0.3, -0.25) is 0 Å². The van der Waals surface area contributed by atoms with E-state index in [0.717, 1.165) is 25.2 Å². The minimum atomic E-state index is 0.882. The van der Waals surface area contributed by atoms with Crippen LogP contribution in [0.5, 0.6) is 0 Å². The third-order valence-electron chi connectivity index (χ3n) is 3.11. The Labute approximate surface area is 165 Å². The van der Waals surface area contributed by atoms with Crippen molar-refractivity contribution in [3.05, 3.63) is 79.7 Å². The molecule has 0 amide bonds. The van der Waals surface area contributed by atoms with Gasteiger partial charge in [0.1, 0.15) is 0 Å². The highest BCUT2D eigenvalue weighted by Gasteiger charge is 2.10. The molecule has 0 atom stereocenters. The highest BCUT2D eigenvalue weighted by atomic mass is 79.9. The average molecular weight is 550 g/mol. The third-order valence-corrected chi connectivity index (χ3v) is 5.57. The molecule has 0 saturated carbocycles. The number of alkyl halides is 1. The van der Waals surface area contributed by atoms with Crippen molar-refractivity contribution in [1.82, 2.24) is 0 Å². The van der Waals surface area contributed by atoms with Gasteiger partial charge < -0.3 is 0 Å². The van der Waals surface area contributed by atoms with Gasteiger partial charge in [0, 0.05) is 18.7 Å². The number of halogens is 4. The van der Waals surface area contributed by atoms with Gasteiger partial charge in [0.2, 0.25) is 0 Å². The van der Waals surface area contributed by atoms with Gasteiger partial charge in [-0.1, -0.05) is 106 Å². The first kappa shape index (κ1) is 18.2. The highest BCUT2D eigenvalue weighted by molar-refractivity contribution is 9.11. The van der Waals surface area contributed by atoms with Crippen LogP contribution in [0.25, 0.3) is 11.1 Å². The van der Waals surface area contributed by atoms with Crippen LogP contribution in [0.2, 0.25) is 0 Å². The number of hydrogen-bond acceptors (Lipinski definition) is 0. The van der Waals surface area contributed by atoms with Crippen LogP contribution in [0.1, 0.15) is 5.56 Å². The second kappa shape index (κ2) is 9.21. The maximum Gasteiger partial charge on any atom is 0.0257 e. The van der Waals surface area contributed by atoms with E-state index in [-0.39, 0.29) is 0 Å². The molecule has 0 aliphatic carbocycles. The number of allylic oxidation sites excluding steroid dienone is 4. The molecule has 0 spiro atoms. The lowest BCUT2D eigenvalue weighted by atomic mass is 10.0. The van der Waals surface area contributed by atoms with Crippen LogP contribution in [0, 0.1) is 0 Å². The van der Waals surface area contributed by atoms with Crippen LogP contribution in [-0.2, 0) is 6.42 Å². The monoisotopic (exact) mass is 546 g/mol. The van der Waals surface area contributed by atoms with E-state index in [0.29, 0.717) is 0 Å². The first-order valence-electron chi connectivity index (χ1n) is 6.74. The molecular weight excluding hydrogens is 536 g/mol. The van der Waals surface area contributed by atoms with Gasteiger partial charge in [0.05, 0.1) is 0 Å². The van der Waals surface area contributed by atoms with E-state index in [1.807, 2.05) is 18.2 Å². The molecule has 0 saturated heterocycles. The molecule has 0 unspecified atom stereocenters. The van der Waals surface area contributed by atoms with Crippen molar-refractivity contribution < 1.29 is 0 Å². The predicted molar refractivity (Wildman–Crippen MR) is 111 cm³/mol. The lowest BCUT2D eigenvalue weighted by molar-refractivity contribution is 1.24. The molecule has 2 aromatic rings. The average Bonchev–Trinajstić information content (AvgIpc) is 2.51. The fourth-order valence-electron chi connectivity index (χ4n) is 2.03. The van der Waals surface area contributed by atoms with Gasteiger partial charge >= 0.3 is 0 Å². The zero-order valence-corrected chi connectivity index (χ0v) is 18.0. The van der Waals surface area contributed by atoms with Crippen molar-refractivity contribution >= 4 is 63.7 Å². The Morgan fingerprint density at radius 3 is 2.23 bits per heavy atom. The predicted octanol–water partition coefficient (Wildman–Crippen LogP) is 7.69. The molecule has 0 bridgehead atoms. The van der Waals surface area contributed by atoms with Gasteiger partial charge in [-0.05, 0) is 41.3 Å². The number of rotatable bonds is 5. The molecule has 114 valence electrons. The van der Waals surface area contributed by atoms with Crippen molar-refractivity contribution in [1.29, 1.82) is 0 Å². The zero-order chi connectivity index (χ0) is 15.9. The molecule has 0 aliphatic heterocycles. The fourth-order valence-corrected chi connectivity index (χ4v) is 3.86. The number of benzene rings is 2. The summed E-state index contributed by atoms with van der Waals surface area (Å²) in [6.45, 7) is 0. The van der Waals surface area contributed by atoms with Gasteiger partial charge in [-0.25, -0.2) is 0 Å². The third kappa shape index (κ3) is 4.92. The lowest BCUT2D eigenvalue weighted by Gasteiger charge is -2.11. The van der Waals surface area contributed by atoms with E-state index in [9.17, 15) is 0 Å². The largest absolute Gasteiger partial charge is 0.0883 e. The summed E-state index contributed by atoms with van der Waals surface area (Å²) in [6, 6.07) is 12.6. The quantitative estimate of drug-likeness (QED) is 0.265. The molecule has 0 aliphatic rings. The smallest absolute Gasteiger partial charge is 0.0257 e. The molecule has 0 N–H and O–H groups in total. The van der Waals surface area contributed by atoms with Crippen LogP contribution in [0.4, 0.5) is 0 Å². The summed E-state index contributed by atoms with van der Waals surface area (Å²) in [5, 5.41) is 0.882. The van der Waals surface area contributed by atoms with E-state index >= 15 is 0 Å². The molecule has 22 heavy (non-hydrogen) atoms. The van der Waals surface area contributed by atoms with E-state index in [4.69, 9.17) is 0 Å². The van der Waals surface area contributed by atoms with Gasteiger partial charge in [-0.15, -0.1) is 0 Å². The van der Waals surface area contributed by atoms with Crippen molar-refractivity contribution in [2.75, 3.05) is 5.33 Å². The Kier molecular flexibility index (Phi) is 7.61. The molecule has 2 rings (SSSR count). The second-order valence-electron chi connectivity index (χ2n) is 4.62. The normalized spacial score (nSPS) is 11.6. The highest BCUT2D eigenvalue weighted by Crippen LogP contribution is 2.37. The second-order valence-corrected chi connectivity index (χ2v) is 7.83. The van der Waals surface area contributed by atoms with Crippen LogP contribution in [0.15, 0.2) is 74.1 Å². The lowest BCUT2D eigenvalue weighted by Crippen LogP contribution is -1.88. The van der Waals surface area contributed by atoms with Crippen LogP contribution in [0.3, 0.4) is 0 Å². The summed E-state index contributed by atoms with van der Waals surface area (Å²) in [6.07, 6.45) is 9.24. The van der Waals surface area contributed by atoms with Gasteiger partial charge in [0.25, 0.3) is 0 Å². The van der Waals surface area contributed by atoms with Gasteiger partial charge in [-0.2, -0.15) is 0 Å². The molecule has 0 nitrogen and oxygen atoms in total. The molecule has 0 fully saturated rings. The van der Waals surface area contributed by atoms with Crippen molar-refractivity contribution in [2.45, 2.75) is 6.42 Å². The molecule has 2 aromatic carbocycles. The van der Waals surface area contributed by atoms with Crippen molar-refractivity contribution in [3.63, 3.8) is 0 Å². The molecule has 0 heterocycles. The maximum atomic E-state index is 3.70. The van der Waals surface area contributed by atoms with Crippen LogP contribution >= 0.6 is 63.7 Å². The van der Waals surface area contributed by atoms with E-state index < -0.39 is 0 Å². The summed E-state index contributed by atoms with van der Waals surface area (Å²) in [5.74, 6) is 0. The fraction of sp³-hybridized carbons (Fsp3) is 0.111. The Bertz CT molecular complexity index is 702. The molecule has 0 radical (unpaired) electrons. The molecule has 4 heteroatoms. The SMILES string of the molecule is BrC/C=C\C=C/Cc1cc(Br)c(-c2ccccc2Br)cc1Br. The minimum absolute atomic E-state index is 0.882. The first-order valence-corrected chi connectivity index (χ1v) is 10.2. The van der Waals surface area contributed by atoms with Crippen LogP contribution < -0.4 is 0 Å². The first-order chi connectivity index (χ1) is 10.6. The van der Waals surface area contributed by atoms with E-state index in [1.165, 1.54) is 16.7 Å². The van der Waals surface area contributed by atoms with E-state index in [1.54, 1.807) is 0 Å². The summed E-state index contributed by atoms with van der Waals surface area (Å²) < 4.78 is 3.31. The van der Waals surface area contributed by atoms with E-state index in [2.05, 4.69) is 106 Å². The standard InChI is InChI=1S/C18H14Br4/c19-10-6-2-1-3-7-13-11-18(22)15(12-17(13)21)14-8-4-5-9-16(14)20/h1-6,8-9,11-12H,7,10H2/b3-1-,6-2-. The summed E-state index contributed by atoms with van der Waals surface area (Å²) in [5.41, 5.74) is 3.61. The number of hydrogen-bond donors (Lipinski definition) is 0. The summed E-state index contributed by atoms with van der Waals surface area (Å²) in [4.78, 5) is 0. The Balaban J connectivity index is 2.27. The van der Waals surface area contributed by atoms with Crippen LogP contribution in [-0.4, -0.2) is 5.33 Å². The summed E-state index contributed by atoms with van der Waals surface area (Å²) >= 11 is 14.4. The van der Waals surface area contributed by atoms with Crippen molar-refractivity contribution in [2.24, 2.45) is 0 Å². The zero-order valence-electron chi connectivity index (χ0n) is 11.7. The Hall–Kier alpha value is -0.160. The summed E-state index contributed by atoms with van der Waals surface area (Å²) in [7, 11) is 0. The Morgan fingerprint density at radius 1 is 0.773 bits per heavy atom. The minimum Gasteiger partial charge on any atom is -0.0883 e. The van der Waals surface area contributed by atoms with Gasteiger partial charge in [0.15, 0.2) is 0 Å². The molecule has 0 aromatic heterocycles.